The van der Waals surface area contributed by atoms with Gasteiger partial charge in [-0.05, 0) is 59.2 Å². The molecular formula is C30H25BrClN3O2. The van der Waals surface area contributed by atoms with Gasteiger partial charge in [-0.3, -0.25) is 4.79 Å². The summed E-state index contributed by atoms with van der Waals surface area (Å²) in [5, 5.41) is 7.93. The molecule has 7 heteroatoms. The van der Waals surface area contributed by atoms with E-state index in [9.17, 15) is 4.79 Å². The Morgan fingerprint density at radius 2 is 1.84 bits per heavy atom. The van der Waals surface area contributed by atoms with Crippen LogP contribution in [0.4, 0.5) is 0 Å². The summed E-state index contributed by atoms with van der Waals surface area (Å²) in [5.41, 5.74) is 2.25. The first-order valence-corrected chi connectivity index (χ1v) is 13.3. The van der Waals surface area contributed by atoms with Gasteiger partial charge in [0.15, 0.2) is 0 Å². The van der Waals surface area contributed by atoms with E-state index in [1.807, 2.05) is 72.8 Å². The first kappa shape index (κ1) is 25.2. The molecule has 0 N–H and O–H groups in total. The maximum absolute atomic E-state index is 13.6. The van der Waals surface area contributed by atoms with Crippen molar-refractivity contribution in [2.75, 3.05) is 0 Å². The van der Waals surface area contributed by atoms with E-state index in [0.29, 0.717) is 34.1 Å². The molecule has 4 aromatic carbocycles. The monoisotopic (exact) mass is 573 g/mol. The van der Waals surface area contributed by atoms with Crippen molar-refractivity contribution in [2.24, 2.45) is 5.10 Å². The third kappa shape index (κ3) is 5.31. The van der Waals surface area contributed by atoms with E-state index >= 15 is 0 Å². The number of hydrogen-bond donors (Lipinski definition) is 0. The van der Waals surface area contributed by atoms with Crippen LogP contribution in [-0.4, -0.2) is 15.9 Å². The second-order valence-electron chi connectivity index (χ2n) is 8.92. The van der Waals surface area contributed by atoms with Crippen LogP contribution in [0.25, 0.3) is 21.7 Å². The topological polar surface area (TPSA) is 56.5 Å². The highest BCUT2D eigenvalue weighted by atomic mass is 79.9. The number of rotatable bonds is 7. The molecule has 5 rings (SSSR count). The second-order valence-corrected chi connectivity index (χ2v) is 10.3. The molecule has 0 aliphatic rings. The Morgan fingerprint density at radius 3 is 2.62 bits per heavy atom. The van der Waals surface area contributed by atoms with Crippen molar-refractivity contribution in [1.82, 2.24) is 9.66 Å². The minimum atomic E-state index is -0.207. The molecule has 1 atom stereocenters. The van der Waals surface area contributed by atoms with Gasteiger partial charge < -0.3 is 4.74 Å². The Morgan fingerprint density at radius 1 is 1.05 bits per heavy atom. The second kappa shape index (κ2) is 10.9. The summed E-state index contributed by atoms with van der Waals surface area (Å²) < 4.78 is 8.47. The van der Waals surface area contributed by atoms with Gasteiger partial charge in [-0.15, -0.1) is 0 Å². The molecule has 0 saturated carbocycles. The number of ether oxygens (including phenoxy) is 1. The molecule has 37 heavy (non-hydrogen) atoms. The lowest BCUT2D eigenvalue weighted by molar-refractivity contribution is 0.306. The quantitative estimate of drug-likeness (QED) is 0.185. The van der Waals surface area contributed by atoms with Gasteiger partial charge in [0.1, 0.15) is 18.2 Å². The minimum Gasteiger partial charge on any atom is -0.488 e. The first-order chi connectivity index (χ1) is 17.9. The Kier molecular flexibility index (Phi) is 7.40. The zero-order valence-electron chi connectivity index (χ0n) is 20.5. The molecular weight excluding hydrogens is 550 g/mol. The summed E-state index contributed by atoms with van der Waals surface area (Å²) in [6, 6.07) is 25.1. The molecule has 0 spiro atoms. The van der Waals surface area contributed by atoms with E-state index in [-0.39, 0.29) is 11.5 Å². The molecule has 186 valence electrons. The van der Waals surface area contributed by atoms with Gasteiger partial charge in [0.05, 0.1) is 17.1 Å². The number of aromatic nitrogens is 2. The van der Waals surface area contributed by atoms with Crippen LogP contribution in [0.1, 0.15) is 43.1 Å². The Hall–Kier alpha value is -3.48. The van der Waals surface area contributed by atoms with E-state index in [1.54, 1.807) is 12.3 Å². The van der Waals surface area contributed by atoms with Gasteiger partial charge in [-0.1, -0.05) is 83.8 Å². The smallest absolute Gasteiger partial charge is 0.282 e. The maximum Gasteiger partial charge on any atom is 0.282 e. The molecule has 0 amide bonds. The van der Waals surface area contributed by atoms with Crippen LogP contribution in [0.2, 0.25) is 5.02 Å². The molecule has 0 fully saturated rings. The van der Waals surface area contributed by atoms with Crippen LogP contribution in [-0.2, 0) is 6.61 Å². The van der Waals surface area contributed by atoms with Crippen molar-refractivity contribution < 1.29 is 4.74 Å². The zero-order chi connectivity index (χ0) is 25.9. The van der Waals surface area contributed by atoms with E-state index in [1.165, 1.54) is 4.68 Å². The minimum absolute atomic E-state index is 0.0473. The van der Waals surface area contributed by atoms with Gasteiger partial charge in [0.25, 0.3) is 5.56 Å². The maximum atomic E-state index is 13.6. The highest BCUT2D eigenvalue weighted by Crippen LogP contribution is 2.28. The standard InChI is InChI=1S/C30H25BrClN3O2/c1-3-19(2)29-34-27-14-11-22(31)16-25(27)30(36)35(29)33-17-26-24-7-5-4-6-21(24)10-15-28(26)37-18-20-8-12-23(32)13-9-20/h4-17,19H,3,18H2,1-2H3/t19-/m0/s1. The van der Waals surface area contributed by atoms with Crippen molar-refractivity contribution >= 4 is 55.4 Å². The summed E-state index contributed by atoms with van der Waals surface area (Å²) in [6.07, 6.45) is 2.53. The lowest BCUT2D eigenvalue weighted by atomic mass is 10.0. The van der Waals surface area contributed by atoms with Crippen LogP contribution in [0.15, 0.2) is 93.2 Å². The van der Waals surface area contributed by atoms with E-state index in [2.05, 4.69) is 29.8 Å². The predicted octanol–water partition coefficient (Wildman–Crippen LogP) is 7.94. The molecule has 5 aromatic rings. The van der Waals surface area contributed by atoms with Crippen molar-refractivity contribution in [2.45, 2.75) is 32.8 Å². The van der Waals surface area contributed by atoms with Crippen molar-refractivity contribution in [3.8, 4) is 5.75 Å². The van der Waals surface area contributed by atoms with E-state index in [0.717, 1.165) is 32.8 Å². The fourth-order valence-electron chi connectivity index (χ4n) is 4.17. The molecule has 0 radical (unpaired) electrons. The third-order valence-corrected chi connectivity index (χ3v) is 7.17. The number of nitrogens with zero attached hydrogens (tertiary/aromatic N) is 3. The Labute approximate surface area is 228 Å². The van der Waals surface area contributed by atoms with Gasteiger partial charge >= 0.3 is 0 Å². The fourth-order valence-corrected chi connectivity index (χ4v) is 4.66. The van der Waals surface area contributed by atoms with Crippen molar-refractivity contribution in [3.63, 3.8) is 0 Å². The van der Waals surface area contributed by atoms with Crippen LogP contribution in [0, 0.1) is 0 Å². The van der Waals surface area contributed by atoms with Crippen molar-refractivity contribution in [1.29, 1.82) is 0 Å². The van der Waals surface area contributed by atoms with E-state index < -0.39 is 0 Å². The predicted molar refractivity (Wildman–Crippen MR) is 155 cm³/mol. The van der Waals surface area contributed by atoms with Crippen LogP contribution in [0.5, 0.6) is 5.75 Å². The molecule has 0 bridgehead atoms. The van der Waals surface area contributed by atoms with E-state index in [4.69, 9.17) is 26.4 Å². The normalized spacial score (nSPS) is 12.4. The van der Waals surface area contributed by atoms with Crippen molar-refractivity contribution in [3.05, 3.63) is 116 Å². The molecule has 0 saturated heterocycles. The average molecular weight is 575 g/mol. The van der Waals surface area contributed by atoms with Gasteiger partial charge in [0, 0.05) is 21.0 Å². The van der Waals surface area contributed by atoms with Crippen LogP contribution < -0.4 is 10.3 Å². The average Bonchev–Trinajstić information content (AvgIpc) is 2.92. The summed E-state index contributed by atoms with van der Waals surface area (Å²) in [4.78, 5) is 18.4. The lowest BCUT2D eigenvalue weighted by Crippen LogP contribution is -2.23. The summed E-state index contributed by atoms with van der Waals surface area (Å²) in [7, 11) is 0. The Bertz CT molecular complexity index is 1680. The molecule has 5 nitrogen and oxygen atoms in total. The molecule has 0 unspecified atom stereocenters. The van der Waals surface area contributed by atoms with Gasteiger partial charge in [0.2, 0.25) is 0 Å². The summed E-state index contributed by atoms with van der Waals surface area (Å²) in [6.45, 7) is 4.50. The third-order valence-electron chi connectivity index (χ3n) is 6.43. The number of benzene rings is 4. The molecule has 1 heterocycles. The highest BCUT2D eigenvalue weighted by molar-refractivity contribution is 9.10. The molecule has 1 aromatic heterocycles. The Balaban J connectivity index is 1.63. The number of hydrogen-bond acceptors (Lipinski definition) is 4. The van der Waals surface area contributed by atoms with Crippen LogP contribution >= 0.6 is 27.5 Å². The highest BCUT2D eigenvalue weighted by Gasteiger charge is 2.16. The summed E-state index contributed by atoms with van der Waals surface area (Å²) >= 11 is 9.50. The van der Waals surface area contributed by atoms with Gasteiger partial charge in [-0.25, -0.2) is 4.98 Å². The molecule has 0 aliphatic heterocycles. The van der Waals surface area contributed by atoms with Crippen LogP contribution in [0.3, 0.4) is 0 Å². The fraction of sp³-hybridized carbons (Fsp3) is 0.167. The first-order valence-electron chi connectivity index (χ1n) is 12.1. The lowest BCUT2D eigenvalue weighted by Gasteiger charge is -2.15. The number of halogens is 2. The molecule has 0 aliphatic carbocycles. The SMILES string of the molecule is CC[C@H](C)c1nc2ccc(Br)cc2c(=O)n1N=Cc1c(OCc2ccc(Cl)cc2)ccc2ccccc12. The zero-order valence-corrected chi connectivity index (χ0v) is 22.8. The summed E-state index contributed by atoms with van der Waals surface area (Å²) in [5.74, 6) is 1.35. The number of fused-ring (bicyclic) bond motifs is 2. The van der Waals surface area contributed by atoms with Gasteiger partial charge in [-0.2, -0.15) is 9.78 Å². The largest absolute Gasteiger partial charge is 0.488 e.